The second kappa shape index (κ2) is 6.96. The highest BCUT2D eigenvalue weighted by atomic mass is 19.3. The van der Waals surface area contributed by atoms with E-state index in [-0.39, 0.29) is 25.1 Å². The van der Waals surface area contributed by atoms with E-state index in [1.54, 1.807) is 18.7 Å². The van der Waals surface area contributed by atoms with E-state index in [0.29, 0.717) is 13.0 Å². The molecule has 0 aliphatic carbocycles. The molecule has 0 aromatic heterocycles. The van der Waals surface area contributed by atoms with Crippen molar-refractivity contribution in [2.24, 2.45) is 5.73 Å². The molecule has 0 aromatic carbocycles. The summed E-state index contributed by atoms with van der Waals surface area (Å²) >= 11 is 0. The number of carbonyl (C=O) groups is 2. The number of primary amides is 1. The van der Waals surface area contributed by atoms with Gasteiger partial charge in [-0.3, -0.25) is 9.69 Å². The van der Waals surface area contributed by atoms with Crippen molar-refractivity contribution in [2.75, 3.05) is 26.2 Å². The SMILES string of the molecule is CC(C)(C=C(C#N)C(=O)N1CC[C@H](OC(N)=O)C1)N1CCC(F)(F)C1. The van der Waals surface area contributed by atoms with Crippen molar-refractivity contribution in [3.8, 4) is 6.07 Å². The average molecular weight is 356 g/mol. The number of hydrogen-bond donors (Lipinski definition) is 1. The van der Waals surface area contributed by atoms with Crippen LogP contribution in [0.4, 0.5) is 13.6 Å². The van der Waals surface area contributed by atoms with Crippen LogP contribution in [-0.4, -0.2) is 65.5 Å². The first-order chi connectivity index (χ1) is 11.5. The Kier molecular flexibility index (Phi) is 5.32. The van der Waals surface area contributed by atoms with Gasteiger partial charge < -0.3 is 15.4 Å². The molecule has 2 fully saturated rings. The number of hydrogen-bond acceptors (Lipinski definition) is 5. The molecule has 2 aliphatic rings. The Morgan fingerprint density at radius 3 is 2.60 bits per heavy atom. The van der Waals surface area contributed by atoms with E-state index in [2.05, 4.69) is 0 Å². The third-order valence-corrected chi connectivity index (χ3v) is 4.55. The summed E-state index contributed by atoms with van der Waals surface area (Å²) in [5.41, 5.74) is 3.99. The Bertz CT molecular complexity index is 627. The molecule has 2 saturated heterocycles. The predicted molar refractivity (Wildman–Crippen MR) is 84.6 cm³/mol. The second-order valence-corrected chi connectivity index (χ2v) is 6.95. The van der Waals surface area contributed by atoms with E-state index in [0.717, 1.165) is 0 Å². The zero-order valence-corrected chi connectivity index (χ0v) is 14.3. The van der Waals surface area contributed by atoms with Crippen molar-refractivity contribution in [1.29, 1.82) is 5.26 Å². The van der Waals surface area contributed by atoms with E-state index in [1.807, 2.05) is 6.07 Å². The zero-order chi connectivity index (χ0) is 18.8. The normalized spacial score (nSPS) is 24.2. The van der Waals surface area contributed by atoms with Gasteiger partial charge in [0.05, 0.1) is 13.1 Å². The minimum atomic E-state index is -2.75. The molecule has 0 spiro atoms. The zero-order valence-electron chi connectivity index (χ0n) is 14.3. The standard InChI is InChI=1S/C16H22F2N4O3/c1-15(2,22-6-4-16(17,18)10-22)7-11(8-19)13(23)21-5-3-12(9-21)25-14(20)24/h7,12H,3-6,9-10H2,1-2H3,(H2,20,24)/t12-/m0/s1. The number of carbonyl (C=O) groups excluding carboxylic acids is 2. The molecular formula is C16H22F2N4O3. The maximum Gasteiger partial charge on any atom is 0.404 e. The van der Waals surface area contributed by atoms with Crippen molar-refractivity contribution >= 4 is 12.0 Å². The van der Waals surface area contributed by atoms with E-state index in [9.17, 15) is 23.6 Å². The van der Waals surface area contributed by atoms with Gasteiger partial charge in [-0.05, 0) is 19.9 Å². The minimum absolute atomic E-state index is 0.111. The number of alkyl halides is 2. The van der Waals surface area contributed by atoms with Gasteiger partial charge in [-0.15, -0.1) is 0 Å². The summed E-state index contributed by atoms with van der Waals surface area (Å²) in [6.07, 6.45) is 0.227. The monoisotopic (exact) mass is 356 g/mol. The summed E-state index contributed by atoms with van der Waals surface area (Å²) in [6, 6.07) is 1.86. The number of ether oxygens (including phenoxy) is 1. The quantitative estimate of drug-likeness (QED) is 0.604. The van der Waals surface area contributed by atoms with E-state index >= 15 is 0 Å². The third-order valence-electron chi connectivity index (χ3n) is 4.55. The van der Waals surface area contributed by atoms with Gasteiger partial charge in [-0.1, -0.05) is 0 Å². The van der Waals surface area contributed by atoms with Crippen LogP contribution in [0.1, 0.15) is 26.7 Å². The van der Waals surface area contributed by atoms with E-state index in [1.165, 1.54) is 11.0 Å². The topological polar surface area (TPSA) is 99.7 Å². The molecule has 2 aliphatic heterocycles. The maximum atomic E-state index is 13.4. The lowest BCUT2D eigenvalue weighted by Crippen LogP contribution is -2.43. The van der Waals surface area contributed by atoms with Gasteiger partial charge in [-0.2, -0.15) is 5.26 Å². The first kappa shape index (κ1) is 19.1. The summed E-state index contributed by atoms with van der Waals surface area (Å²) < 4.78 is 31.7. The third kappa shape index (κ3) is 4.66. The van der Waals surface area contributed by atoms with Crippen LogP contribution in [0.5, 0.6) is 0 Å². The highest BCUT2D eigenvalue weighted by molar-refractivity contribution is 5.97. The van der Waals surface area contributed by atoms with Gasteiger partial charge in [0.1, 0.15) is 17.7 Å². The van der Waals surface area contributed by atoms with E-state index in [4.69, 9.17) is 10.5 Å². The second-order valence-electron chi connectivity index (χ2n) is 6.95. The molecule has 1 atom stereocenters. The predicted octanol–water partition coefficient (Wildman–Crippen LogP) is 1.25. The largest absolute Gasteiger partial charge is 0.444 e. The number of likely N-dealkylation sites (tertiary alicyclic amines) is 2. The van der Waals surface area contributed by atoms with Crippen LogP contribution in [0, 0.1) is 11.3 Å². The minimum Gasteiger partial charge on any atom is -0.444 e. The average Bonchev–Trinajstić information content (AvgIpc) is 3.10. The summed E-state index contributed by atoms with van der Waals surface area (Å²) in [5.74, 6) is -3.26. The number of amides is 2. The smallest absolute Gasteiger partial charge is 0.404 e. The van der Waals surface area contributed by atoms with Crippen molar-refractivity contribution in [1.82, 2.24) is 9.80 Å². The maximum absolute atomic E-state index is 13.4. The lowest BCUT2D eigenvalue weighted by molar-refractivity contribution is -0.126. The molecular weight excluding hydrogens is 334 g/mol. The molecule has 2 N–H and O–H groups in total. The van der Waals surface area contributed by atoms with Crippen molar-refractivity contribution in [2.45, 2.75) is 44.3 Å². The Morgan fingerprint density at radius 2 is 2.08 bits per heavy atom. The van der Waals surface area contributed by atoms with Crippen molar-refractivity contribution in [3.63, 3.8) is 0 Å². The Balaban J connectivity index is 2.08. The van der Waals surface area contributed by atoms with Crippen LogP contribution < -0.4 is 5.73 Å². The molecule has 9 heteroatoms. The van der Waals surface area contributed by atoms with Gasteiger partial charge in [0, 0.05) is 31.5 Å². The Morgan fingerprint density at radius 1 is 1.40 bits per heavy atom. The number of nitriles is 1. The molecule has 2 rings (SSSR count). The van der Waals surface area contributed by atoms with Crippen LogP contribution in [0.15, 0.2) is 11.6 Å². The molecule has 0 saturated carbocycles. The van der Waals surface area contributed by atoms with Gasteiger partial charge in [0.25, 0.3) is 11.8 Å². The number of rotatable bonds is 4. The van der Waals surface area contributed by atoms with Crippen LogP contribution in [-0.2, 0) is 9.53 Å². The number of halogens is 2. The Hall–Kier alpha value is -2.21. The van der Waals surface area contributed by atoms with Crippen molar-refractivity contribution < 1.29 is 23.1 Å². The molecule has 138 valence electrons. The first-order valence-electron chi connectivity index (χ1n) is 8.05. The van der Waals surface area contributed by atoms with Crippen LogP contribution in [0.25, 0.3) is 0 Å². The van der Waals surface area contributed by atoms with Gasteiger partial charge in [0.2, 0.25) is 0 Å². The van der Waals surface area contributed by atoms with Crippen LogP contribution in [0.2, 0.25) is 0 Å². The molecule has 2 amide bonds. The molecule has 0 aromatic rings. The highest BCUT2D eigenvalue weighted by Crippen LogP contribution is 2.33. The fourth-order valence-electron chi connectivity index (χ4n) is 3.16. The van der Waals surface area contributed by atoms with E-state index < -0.39 is 36.1 Å². The molecule has 2 heterocycles. The molecule has 0 radical (unpaired) electrons. The lowest BCUT2D eigenvalue weighted by Gasteiger charge is -2.33. The lowest BCUT2D eigenvalue weighted by atomic mass is 9.99. The molecule has 0 bridgehead atoms. The molecule has 0 unspecified atom stereocenters. The van der Waals surface area contributed by atoms with Gasteiger partial charge in [0.15, 0.2) is 0 Å². The van der Waals surface area contributed by atoms with Gasteiger partial charge in [-0.25, -0.2) is 13.6 Å². The summed E-state index contributed by atoms with van der Waals surface area (Å²) in [5, 5.41) is 9.34. The van der Waals surface area contributed by atoms with Crippen molar-refractivity contribution in [3.05, 3.63) is 11.6 Å². The fourth-order valence-corrected chi connectivity index (χ4v) is 3.16. The Labute approximate surface area is 145 Å². The fraction of sp³-hybridized carbons (Fsp3) is 0.688. The molecule has 25 heavy (non-hydrogen) atoms. The first-order valence-corrected chi connectivity index (χ1v) is 8.05. The number of nitrogens with zero attached hydrogens (tertiary/aromatic N) is 3. The highest BCUT2D eigenvalue weighted by Gasteiger charge is 2.43. The summed E-state index contributed by atoms with van der Waals surface area (Å²) in [4.78, 5) is 26.3. The van der Waals surface area contributed by atoms with Crippen LogP contribution in [0.3, 0.4) is 0 Å². The van der Waals surface area contributed by atoms with Gasteiger partial charge >= 0.3 is 6.09 Å². The number of nitrogens with two attached hydrogens (primary N) is 1. The molecule has 7 nitrogen and oxygen atoms in total. The summed E-state index contributed by atoms with van der Waals surface area (Å²) in [7, 11) is 0. The summed E-state index contributed by atoms with van der Waals surface area (Å²) in [6.45, 7) is 3.67. The van der Waals surface area contributed by atoms with Crippen LogP contribution >= 0.6 is 0 Å².